The van der Waals surface area contributed by atoms with E-state index in [4.69, 9.17) is 0 Å². The summed E-state index contributed by atoms with van der Waals surface area (Å²) in [6, 6.07) is 11.6. The highest BCUT2D eigenvalue weighted by Crippen LogP contribution is 2.26. The lowest BCUT2D eigenvalue weighted by Gasteiger charge is -2.02. The van der Waals surface area contributed by atoms with E-state index in [1.165, 1.54) is 6.26 Å². The first kappa shape index (κ1) is 16.5. The van der Waals surface area contributed by atoms with Gasteiger partial charge in [-0.05, 0) is 23.3 Å². The number of halogens is 1. The van der Waals surface area contributed by atoms with Crippen molar-refractivity contribution in [1.29, 1.82) is 0 Å². The molecule has 0 atom stereocenters. The molecule has 1 aromatic heterocycles. The molecule has 0 radical (unpaired) electrons. The Kier molecular flexibility index (Phi) is 5.82. The fourth-order valence-electron chi connectivity index (χ4n) is 1.57. The maximum Gasteiger partial charge on any atom is 0.203 e. The van der Waals surface area contributed by atoms with Crippen molar-refractivity contribution in [3.05, 3.63) is 48.8 Å². The van der Waals surface area contributed by atoms with Crippen LogP contribution in [0.1, 0.15) is 0 Å². The number of hydrogen-bond donors (Lipinski definition) is 0. The Bertz CT molecular complexity index is 637. The van der Waals surface area contributed by atoms with E-state index >= 15 is 0 Å². The quantitative estimate of drug-likeness (QED) is 0.381. The van der Waals surface area contributed by atoms with E-state index in [0.29, 0.717) is 0 Å². The molecular formula is C13H14INO2S2. The molecule has 0 unspecified atom stereocenters. The second-order valence-electron chi connectivity index (χ2n) is 4.06. The average Bonchev–Trinajstić information content (AvgIpc) is 2.29. The highest BCUT2D eigenvalue weighted by molar-refractivity contribution is 8.71. The molecule has 0 fully saturated rings. The Morgan fingerprint density at radius 1 is 0.947 bits per heavy atom. The summed E-state index contributed by atoms with van der Waals surface area (Å²) >= 11 is 0. The summed E-state index contributed by atoms with van der Waals surface area (Å²) in [5.74, 6) is 0. The molecule has 19 heavy (non-hydrogen) atoms. The smallest absolute Gasteiger partial charge is 0.203 e. The Labute approximate surface area is 134 Å². The first-order valence-electron chi connectivity index (χ1n) is 5.39. The first-order chi connectivity index (χ1) is 8.44. The fourth-order valence-corrected chi connectivity index (χ4v) is 3.55. The summed E-state index contributed by atoms with van der Waals surface area (Å²) < 4.78 is 24.3. The van der Waals surface area contributed by atoms with Gasteiger partial charge in [-0.2, -0.15) is 0 Å². The minimum absolute atomic E-state index is 0. The summed E-state index contributed by atoms with van der Waals surface area (Å²) in [7, 11) is -0.204. The van der Waals surface area contributed by atoms with Crippen LogP contribution in [-0.2, 0) is 15.9 Å². The molecule has 0 N–H and O–H groups in total. The van der Waals surface area contributed by atoms with Gasteiger partial charge in [-0.1, -0.05) is 12.1 Å². The van der Waals surface area contributed by atoms with Crippen molar-refractivity contribution in [1.82, 2.24) is 0 Å². The zero-order valence-electron chi connectivity index (χ0n) is 10.6. The standard InChI is InChI=1S/C13H14NO2S2.HI/c1-14-9-7-12(8-10-14)11-3-5-13(6-4-11)17-18(2,15)16;/h3-10H,1-2H3;1H/q+1;/p-1. The Balaban J connectivity index is 0.00000180. The molecule has 0 bridgehead atoms. The highest BCUT2D eigenvalue weighted by Gasteiger charge is 2.06. The van der Waals surface area contributed by atoms with E-state index in [1.807, 2.05) is 60.4 Å². The number of pyridine rings is 1. The van der Waals surface area contributed by atoms with Crippen LogP contribution in [0.5, 0.6) is 0 Å². The first-order valence-corrected chi connectivity index (χ1v) is 8.62. The molecule has 102 valence electrons. The number of hydrogen-bond acceptors (Lipinski definition) is 3. The van der Waals surface area contributed by atoms with Crippen molar-refractivity contribution in [2.45, 2.75) is 4.90 Å². The molecule has 0 aliphatic heterocycles. The molecule has 3 nitrogen and oxygen atoms in total. The van der Waals surface area contributed by atoms with Crippen molar-refractivity contribution < 1.29 is 37.0 Å². The average molecular weight is 407 g/mol. The Hall–Kier alpha value is -0.600. The number of nitrogens with zero attached hydrogens (tertiary/aromatic N) is 1. The lowest BCUT2D eigenvalue weighted by atomic mass is 10.1. The van der Waals surface area contributed by atoms with Crippen LogP contribution < -0.4 is 28.5 Å². The van der Waals surface area contributed by atoms with Crippen LogP contribution in [0, 0.1) is 0 Å². The maximum atomic E-state index is 11.2. The number of benzene rings is 1. The van der Waals surface area contributed by atoms with Crippen LogP contribution in [0.4, 0.5) is 0 Å². The van der Waals surface area contributed by atoms with E-state index < -0.39 is 8.87 Å². The molecule has 2 aromatic rings. The predicted octanol–water partition coefficient (Wildman–Crippen LogP) is -0.766. The SMILES string of the molecule is C[n+]1ccc(-c2ccc(SS(C)(=O)=O)cc2)cc1.[I-]. The molecule has 0 aliphatic carbocycles. The van der Waals surface area contributed by atoms with Gasteiger partial charge in [-0.3, -0.25) is 0 Å². The monoisotopic (exact) mass is 407 g/mol. The largest absolute Gasteiger partial charge is 1.00 e. The molecule has 2 rings (SSSR count). The summed E-state index contributed by atoms with van der Waals surface area (Å²) in [6.45, 7) is 0. The number of rotatable bonds is 3. The van der Waals surface area contributed by atoms with Crippen LogP contribution in [0.2, 0.25) is 0 Å². The van der Waals surface area contributed by atoms with Gasteiger partial charge in [-0.25, -0.2) is 13.0 Å². The number of aromatic nitrogens is 1. The third-order valence-corrected chi connectivity index (χ3v) is 4.67. The van der Waals surface area contributed by atoms with Crippen LogP contribution in [-0.4, -0.2) is 14.7 Å². The van der Waals surface area contributed by atoms with E-state index in [9.17, 15) is 8.42 Å². The minimum Gasteiger partial charge on any atom is -1.00 e. The molecule has 1 aromatic carbocycles. The van der Waals surface area contributed by atoms with Crippen molar-refractivity contribution >= 4 is 19.7 Å². The zero-order chi connectivity index (χ0) is 13.2. The van der Waals surface area contributed by atoms with E-state index in [0.717, 1.165) is 26.8 Å². The highest BCUT2D eigenvalue weighted by atomic mass is 127. The fraction of sp³-hybridized carbons (Fsp3) is 0.154. The Morgan fingerprint density at radius 2 is 1.42 bits per heavy atom. The van der Waals surface area contributed by atoms with Crippen LogP contribution >= 0.6 is 10.8 Å². The van der Waals surface area contributed by atoms with Crippen LogP contribution in [0.3, 0.4) is 0 Å². The molecule has 0 aliphatic rings. The van der Waals surface area contributed by atoms with Crippen molar-refractivity contribution in [3.8, 4) is 11.1 Å². The van der Waals surface area contributed by atoms with Gasteiger partial charge in [0.2, 0.25) is 8.87 Å². The van der Waals surface area contributed by atoms with Gasteiger partial charge in [0.25, 0.3) is 0 Å². The van der Waals surface area contributed by atoms with Gasteiger partial charge in [-0.15, -0.1) is 0 Å². The molecule has 0 spiro atoms. The summed E-state index contributed by atoms with van der Waals surface area (Å²) in [6.07, 6.45) is 5.17. The van der Waals surface area contributed by atoms with Crippen molar-refractivity contribution in [2.24, 2.45) is 7.05 Å². The maximum absolute atomic E-state index is 11.2. The van der Waals surface area contributed by atoms with E-state index in [1.54, 1.807) is 0 Å². The van der Waals surface area contributed by atoms with Crippen molar-refractivity contribution in [2.75, 3.05) is 6.26 Å². The Morgan fingerprint density at radius 3 is 1.89 bits per heavy atom. The second-order valence-corrected chi connectivity index (χ2v) is 8.43. The van der Waals surface area contributed by atoms with Gasteiger partial charge in [0, 0.05) is 34.1 Å². The molecule has 0 amide bonds. The molecule has 0 saturated heterocycles. The topological polar surface area (TPSA) is 38.0 Å². The molecule has 6 heteroatoms. The third kappa shape index (κ3) is 5.12. The lowest BCUT2D eigenvalue weighted by Crippen LogP contribution is -3.00. The van der Waals surface area contributed by atoms with Crippen LogP contribution in [0.25, 0.3) is 11.1 Å². The normalized spacial score (nSPS) is 10.8. The second kappa shape index (κ2) is 6.71. The summed E-state index contributed by atoms with van der Waals surface area (Å²) in [4.78, 5) is 0.739. The number of aryl methyl sites for hydroxylation is 1. The van der Waals surface area contributed by atoms with E-state index in [-0.39, 0.29) is 24.0 Å². The zero-order valence-corrected chi connectivity index (χ0v) is 14.4. The third-order valence-electron chi connectivity index (χ3n) is 2.41. The van der Waals surface area contributed by atoms with Crippen LogP contribution in [0.15, 0.2) is 53.7 Å². The van der Waals surface area contributed by atoms with Gasteiger partial charge >= 0.3 is 0 Å². The van der Waals surface area contributed by atoms with Gasteiger partial charge in [0.15, 0.2) is 12.4 Å². The minimum atomic E-state index is -3.05. The van der Waals surface area contributed by atoms with Gasteiger partial charge in [0.1, 0.15) is 7.05 Å². The van der Waals surface area contributed by atoms with Gasteiger partial charge in [0.05, 0.1) is 0 Å². The van der Waals surface area contributed by atoms with Crippen molar-refractivity contribution in [3.63, 3.8) is 0 Å². The van der Waals surface area contributed by atoms with Gasteiger partial charge < -0.3 is 24.0 Å². The summed E-state index contributed by atoms with van der Waals surface area (Å²) in [5, 5.41) is 0. The lowest BCUT2D eigenvalue weighted by molar-refractivity contribution is -0.671. The predicted molar refractivity (Wildman–Crippen MR) is 73.8 cm³/mol. The molecule has 1 heterocycles. The molecular weight excluding hydrogens is 393 g/mol. The van der Waals surface area contributed by atoms with E-state index in [2.05, 4.69) is 0 Å². The molecule has 0 saturated carbocycles. The summed E-state index contributed by atoms with van der Waals surface area (Å²) in [5.41, 5.74) is 2.19.